The molecule has 2 aromatic heterocycles. The Kier molecular flexibility index (Phi) is 16.1. The van der Waals surface area contributed by atoms with Crippen LogP contribution in [0.3, 0.4) is 0 Å². The van der Waals surface area contributed by atoms with E-state index >= 15 is 0 Å². The van der Waals surface area contributed by atoms with Crippen molar-refractivity contribution in [2.75, 3.05) is 25.2 Å². The third kappa shape index (κ3) is 12.7. The summed E-state index contributed by atoms with van der Waals surface area (Å²) >= 11 is 1.39. The van der Waals surface area contributed by atoms with Gasteiger partial charge in [0.1, 0.15) is 24.2 Å². The van der Waals surface area contributed by atoms with Crippen LogP contribution in [0.5, 0.6) is 0 Å². The number of nitrogens with two attached hydrogens (primary N) is 2. The number of fused-ring (bicyclic) bond motifs is 1. The Labute approximate surface area is 302 Å². The van der Waals surface area contributed by atoms with Crippen molar-refractivity contribution in [1.29, 1.82) is 0 Å². The van der Waals surface area contributed by atoms with E-state index in [0.717, 1.165) is 16.5 Å². The maximum Gasteiger partial charge on any atom is 0.328 e. The van der Waals surface area contributed by atoms with E-state index in [0.29, 0.717) is 11.4 Å². The van der Waals surface area contributed by atoms with Crippen molar-refractivity contribution in [2.24, 2.45) is 11.5 Å². The summed E-state index contributed by atoms with van der Waals surface area (Å²) in [5.41, 5.74) is 13.6. The smallest absolute Gasteiger partial charge is 0.328 e. The number of para-hydroxylation sites is 1. The van der Waals surface area contributed by atoms with Gasteiger partial charge in [-0.3, -0.25) is 28.8 Å². The number of aliphatic hydroxyl groups excluding tert-OH is 1. The molecule has 0 bridgehead atoms. The van der Waals surface area contributed by atoms with Gasteiger partial charge in [0.15, 0.2) is 0 Å². The Hall–Kier alpha value is -5.47. The van der Waals surface area contributed by atoms with Crippen molar-refractivity contribution in [3.05, 3.63) is 54.2 Å². The molecule has 20 heteroatoms. The fraction of sp³-hybridized carbons (Fsp3) is 0.438. The molecule has 19 nitrogen and oxygen atoms in total. The highest BCUT2D eigenvalue weighted by atomic mass is 32.2. The third-order valence-electron chi connectivity index (χ3n) is 7.86. The lowest BCUT2D eigenvalue weighted by Gasteiger charge is -2.24. The summed E-state index contributed by atoms with van der Waals surface area (Å²) in [6.45, 7) is -1.53. The molecule has 0 fully saturated rings. The number of imidazole rings is 1. The summed E-state index contributed by atoms with van der Waals surface area (Å²) in [4.78, 5) is 98.1. The lowest BCUT2D eigenvalue weighted by molar-refractivity contribution is -0.143. The SMILES string of the molecule is CSCC[C@@H](NC(=O)[C@@H](CCC(N)=O)NC(=O)[C@H](N)Cc1c[nH]c2ccccc12)C(=O)NCC(=O)N[C@H](Cc1cnc[nH]1)C(=O)N[C@@H](CO)C(=O)O. The molecular weight excluding hydrogens is 700 g/mol. The molecule has 0 saturated heterocycles. The number of rotatable bonds is 22. The number of carbonyl (C=O) groups is 7. The molecule has 0 aliphatic heterocycles. The van der Waals surface area contributed by atoms with E-state index in [-0.39, 0.29) is 32.1 Å². The van der Waals surface area contributed by atoms with Gasteiger partial charge < -0.3 is 58.2 Å². The number of carbonyl (C=O) groups excluding carboxylic acids is 6. The molecule has 1 aromatic carbocycles. The van der Waals surface area contributed by atoms with E-state index in [2.05, 4.69) is 41.5 Å². The standard InChI is InChI=1S/C32H44N10O9S/c1-52-9-8-23(29(47)37-14-27(45)39-24(11-18-13-35-16-38-18)31(49)42-25(15-43)32(50)51)41-30(48)22(6-7-26(34)44)40-28(46)20(33)10-17-12-36-21-5-3-2-4-19(17)21/h2-5,12-13,16,20,22-25,36,43H,6-11,14-15,33H2,1H3,(H2,34,44)(H,35,38)(H,37,47)(H,39,45)(H,40,46)(H,41,48)(H,42,49)(H,50,51)/t20-,22-,23-,24-,25+/m1/s1. The van der Waals surface area contributed by atoms with E-state index in [1.54, 1.807) is 12.5 Å². The van der Waals surface area contributed by atoms with E-state index in [9.17, 15) is 43.8 Å². The molecule has 2 heterocycles. The van der Waals surface area contributed by atoms with Gasteiger partial charge >= 0.3 is 5.97 Å². The summed E-state index contributed by atoms with van der Waals surface area (Å²) in [6.07, 6.45) is 5.97. The fourth-order valence-electron chi connectivity index (χ4n) is 5.06. The molecule has 3 aromatic rings. The van der Waals surface area contributed by atoms with Crippen LogP contribution in [0.25, 0.3) is 10.9 Å². The van der Waals surface area contributed by atoms with Crippen molar-refractivity contribution in [2.45, 2.75) is 62.3 Å². The van der Waals surface area contributed by atoms with Gasteiger partial charge in [0.05, 0.1) is 25.5 Å². The van der Waals surface area contributed by atoms with Crippen LogP contribution in [-0.2, 0) is 46.4 Å². The van der Waals surface area contributed by atoms with Gasteiger partial charge in [0, 0.05) is 41.8 Å². The van der Waals surface area contributed by atoms with E-state index in [1.807, 2.05) is 24.3 Å². The van der Waals surface area contributed by atoms with Gasteiger partial charge in [0.25, 0.3) is 0 Å². The van der Waals surface area contributed by atoms with Crippen LogP contribution in [0, 0.1) is 0 Å². The second-order valence-corrected chi connectivity index (χ2v) is 12.8. The summed E-state index contributed by atoms with van der Waals surface area (Å²) in [7, 11) is 0. The molecule has 0 aliphatic carbocycles. The normalized spacial score (nSPS) is 13.9. The Balaban J connectivity index is 1.65. The van der Waals surface area contributed by atoms with Crippen LogP contribution in [0.15, 0.2) is 43.0 Å². The minimum absolute atomic E-state index is 0.125. The fourth-order valence-corrected chi connectivity index (χ4v) is 5.53. The number of carboxylic acids is 1. The average Bonchev–Trinajstić information content (AvgIpc) is 3.79. The lowest BCUT2D eigenvalue weighted by atomic mass is 10.0. The van der Waals surface area contributed by atoms with Crippen molar-refractivity contribution in [1.82, 2.24) is 41.5 Å². The lowest BCUT2D eigenvalue weighted by Crippen LogP contribution is -2.57. The summed E-state index contributed by atoms with van der Waals surface area (Å²) in [6, 6.07) is 1.01. The molecular formula is C32H44N10O9S. The number of aliphatic hydroxyl groups is 1. The molecule has 5 atom stereocenters. The van der Waals surface area contributed by atoms with Crippen LogP contribution >= 0.6 is 11.8 Å². The first kappa shape index (κ1) is 41.0. The maximum absolute atomic E-state index is 13.5. The number of nitrogens with zero attached hydrogens (tertiary/aromatic N) is 1. The molecule has 0 aliphatic rings. The summed E-state index contributed by atoms with van der Waals surface area (Å²) in [5, 5.41) is 31.5. The van der Waals surface area contributed by atoms with E-state index < -0.39 is 84.8 Å². The molecule has 0 unspecified atom stereocenters. The first-order valence-electron chi connectivity index (χ1n) is 16.2. The first-order chi connectivity index (χ1) is 24.8. The van der Waals surface area contributed by atoms with Crippen LogP contribution in [-0.4, -0.2) is 122 Å². The number of hydrogen-bond acceptors (Lipinski definition) is 11. The Bertz CT molecular complexity index is 1700. The van der Waals surface area contributed by atoms with E-state index in [1.165, 1.54) is 24.3 Å². The minimum atomic E-state index is -1.62. The number of amides is 6. The molecule has 282 valence electrons. The predicted molar refractivity (Wildman–Crippen MR) is 189 cm³/mol. The highest BCUT2D eigenvalue weighted by molar-refractivity contribution is 7.98. The van der Waals surface area contributed by atoms with Crippen LogP contribution in [0.2, 0.25) is 0 Å². The van der Waals surface area contributed by atoms with Crippen molar-refractivity contribution in [3.8, 4) is 0 Å². The number of aliphatic carboxylic acids is 1. The Morgan fingerprint density at radius 3 is 2.19 bits per heavy atom. The topological polar surface area (TPSA) is 317 Å². The summed E-state index contributed by atoms with van der Waals surface area (Å²) < 4.78 is 0. The number of aromatic amines is 2. The molecule has 6 amide bonds. The summed E-state index contributed by atoms with van der Waals surface area (Å²) in [5.74, 6) is -5.73. The maximum atomic E-state index is 13.5. The van der Waals surface area contributed by atoms with Gasteiger partial charge in [-0.25, -0.2) is 9.78 Å². The number of nitrogens with one attached hydrogen (secondary N) is 7. The van der Waals surface area contributed by atoms with Gasteiger partial charge in [-0.05, 0) is 42.9 Å². The van der Waals surface area contributed by atoms with Crippen LogP contribution in [0.4, 0.5) is 0 Å². The average molecular weight is 745 g/mol. The van der Waals surface area contributed by atoms with Gasteiger partial charge in [-0.2, -0.15) is 11.8 Å². The predicted octanol–water partition coefficient (Wildman–Crippen LogP) is -2.85. The number of carboxylic acid groups (broad SMARTS) is 1. The number of hydrogen-bond donors (Lipinski definition) is 11. The zero-order chi connectivity index (χ0) is 38.2. The first-order valence-corrected chi connectivity index (χ1v) is 17.6. The van der Waals surface area contributed by atoms with Gasteiger partial charge in [0.2, 0.25) is 35.4 Å². The van der Waals surface area contributed by atoms with Crippen LogP contribution in [0.1, 0.15) is 30.5 Å². The number of H-pyrrole nitrogens is 2. The quantitative estimate of drug-likeness (QED) is 0.0496. The van der Waals surface area contributed by atoms with Crippen molar-refractivity contribution < 1.29 is 43.8 Å². The number of aromatic nitrogens is 3. The number of thioether (sulfide) groups is 1. The Morgan fingerprint density at radius 1 is 0.865 bits per heavy atom. The van der Waals surface area contributed by atoms with E-state index in [4.69, 9.17) is 11.5 Å². The zero-order valence-corrected chi connectivity index (χ0v) is 29.2. The molecule has 3 rings (SSSR count). The van der Waals surface area contributed by atoms with Crippen molar-refractivity contribution in [3.63, 3.8) is 0 Å². The highest BCUT2D eigenvalue weighted by Crippen LogP contribution is 2.19. The third-order valence-corrected chi connectivity index (χ3v) is 8.50. The molecule has 52 heavy (non-hydrogen) atoms. The number of benzene rings is 1. The second kappa shape index (κ2) is 20.4. The molecule has 0 radical (unpaired) electrons. The van der Waals surface area contributed by atoms with Crippen LogP contribution < -0.4 is 38.1 Å². The molecule has 0 saturated carbocycles. The van der Waals surface area contributed by atoms with Gasteiger partial charge in [-0.15, -0.1) is 0 Å². The monoisotopic (exact) mass is 744 g/mol. The second-order valence-electron chi connectivity index (χ2n) is 11.8. The molecule has 13 N–H and O–H groups in total. The Morgan fingerprint density at radius 2 is 1.54 bits per heavy atom. The largest absolute Gasteiger partial charge is 0.480 e. The number of primary amides is 1. The highest BCUT2D eigenvalue weighted by Gasteiger charge is 2.30. The molecule has 0 spiro atoms. The van der Waals surface area contributed by atoms with Crippen molar-refractivity contribution >= 4 is 64.1 Å². The minimum Gasteiger partial charge on any atom is -0.480 e. The van der Waals surface area contributed by atoms with Gasteiger partial charge in [-0.1, -0.05) is 18.2 Å². The zero-order valence-electron chi connectivity index (χ0n) is 28.3.